The van der Waals surface area contributed by atoms with Crippen LogP contribution in [0.3, 0.4) is 0 Å². The predicted molar refractivity (Wildman–Crippen MR) is 62.3 cm³/mol. The molecule has 0 aliphatic rings. The van der Waals surface area contributed by atoms with Gasteiger partial charge in [0.1, 0.15) is 6.04 Å². The second-order valence-corrected chi connectivity index (χ2v) is 4.59. The quantitative estimate of drug-likeness (QED) is 0.767. The van der Waals surface area contributed by atoms with Gasteiger partial charge in [0.05, 0.1) is 0 Å². The van der Waals surface area contributed by atoms with Gasteiger partial charge in [-0.1, -0.05) is 17.7 Å². The Labute approximate surface area is 93.7 Å². The Bertz CT molecular complexity index is 366. The van der Waals surface area contributed by atoms with Crippen molar-refractivity contribution in [3.8, 4) is 0 Å². The highest BCUT2D eigenvalue weighted by Crippen LogP contribution is 2.23. The monoisotopic (exact) mass is 225 g/mol. The normalized spacial score (nSPS) is 12.5. The summed E-state index contributed by atoms with van der Waals surface area (Å²) in [6.45, 7) is 4.05. The molecule has 0 heterocycles. The smallest absolute Gasteiger partial charge is 0.321 e. The molecule has 0 fully saturated rings. The van der Waals surface area contributed by atoms with E-state index in [0.29, 0.717) is 5.75 Å². The summed E-state index contributed by atoms with van der Waals surface area (Å²) < 4.78 is 0. The minimum atomic E-state index is -0.952. The minimum Gasteiger partial charge on any atom is -0.480 e. The Kier molecular flexibility index (Phi) is 4.17. The van der Waals surface area contributed by atoms with E-state index >= 15 is 0 Å². The van der Waals surface area contributed by atoms with Crippen LogP contribution in [0.2, 0.25) is 0 Å². The van der Waals surface area contributed by atoms with Crippen LogP contribution in [0.15, 0.2) is 23.1 Å². The van der Waals surface area contributed by atoms with E-state index in [1.54, 1.807) is 0 Å². The number of aliphatic carboxylic acids is 1. The first kappa shape index (κ1) is 12.1. The summed E-state index contributed by atoms with van der Waals surface area (Å²) in [5.41, 5.74) is 7.80. The zero-order valence-corrected chi connectivity index (χ0v) is 9.67. The maximum Gasteiger partial charge on any atom is 0.321 e. The molecule has 0 aromatic heterocycles. The summed E-state index contributed by atoms with van der Waals surface area (Å²) in [6, 6.07) is 5.30. The summed E-state index contributed by atoms with van der Waals surface area (Å²) >= 11 is 1.49. The summed E-state index contributed by atoms with van der Waals surface area (Å²) in [6.07, 6.45) is 0. The summed E-state index contributed by atoms with van der Waals surface area (Å²) in [4.78, 5) is 11.6. The summed E-state index contributed by atoms with van der Waals surface area (Å²) in [5.74, 6) is -0.550. The molecular weight excluding hydrogens is 210 g/mol. The lowest BCUT2D eigenvalue weighted by atomic mass is 10.2. The average Bonchev–Trinajstić information content (AvgIpc) is 2.15. The number of carboxylic acid groups (broad SMARTS) is 1. The Morgan fingerprint density at radius 3 is 2.73 bits per heavy atom. The number of thioether (sulfide) groups is 1. The van der Waals surface area contributed by atoms with Crippen LogP contribution >= 0.6 is 11.8 Å². The number of carbonyl (C=O) groups is 1. The van der Waals surface area contributed by atoms with Crippen molar-refractivity contribution in [2.24, 2.45) is 5.73 Å². The van der Waals surface area contributed by atoms with Gasteiger partial charge in [-0.25, -0.2) is 0 Å². The number of carboxylic acids is 1. The fourth-order valence-corrected chi connectivity index (χ4v) is 2.16. The third-order valence-corrected chi connectivity index (χ3v) is 3.36. The highest BCUT2D eigenvalue weighted by Gasteiger charge is 2.12. The van der Waals surface area contributed by atoms with Crippen LogP contribution in [0, 0.1) is 13.8 Å². The van der Waals surface area contributed by atoms with Crippen molar-refractivity contribution in [3.05, 3.63) is 29.3 Å². The largest absolute Gasteiger partial charge is 0.480 e. The predicted octanol–water partition coefficient (Wildman–Crippen LogP) is 1.81. The molecule has 1 aromatic rings. The first-order chi connectivity index (χ1) is 7.00. The second-order valence-electron chi connectivity index (χ2n) is 3.52. The molecule has 3 nitrogen and oxygen atoms in total. The SMILES string of the molecule is Cc1ccc(SCC(N)C(=O)O)c(C)c1. The van der Waals surface area contributed by atoms with Crippen molar-refractivity contribution in [1.82, 2.24) is 0 Å². The Hall–Kier alpha value is -1.00. The van der Waals surface area contributed by atoms with Gasteiger partial charge in [0, 0.05) is 10.6 Å². The summed E-state index contributed by atoms with van der Waals surface area (Å²) in [7, 11) is 0. The van der Waals surface area contributed by atoms with Crippen molar-refractivity contribution in [3.63, 3.8) is 0 Å². The van der Waals surface area contributed by atoms with Crippen molar-refractivity contribution in [1.29, 1.82) is 0 Å². The Morgan fingerprint density at radius 2 is 2.20 bits per heavy atom. The van der Waals surface area contributed by atoms with Gasteiger partial charge in [0.15, 0.2) is 0 Å². The van der Waals surface area contributed by atoms with Crippen LogP contribution in [0.25, 0.3) is 0 Å². The fraction of sp³-hybridized carbons (Fsp3) is 0.364. The van der Waals surface area contributed by atoms with Crippen LogP contribution in [0.1, 0.15) is 11.1 Å². The van der Waals surface area contributed by atoms with E-state index in [4.69, 9.17) is 10.8 Å². The van der Waals surface area contributed by atoms with E-state index < -0.39 is 12.0 Å². The number of hydrogen-bond acceptors (Lipinski definition) is 3. The van der Waals surface area contributed by atoms with Gasteiger partial charge in [-0.15, -0.1) is 11.8 Å². The topological polar surface area (TPSA) is 63.3 Å². The van der Waals surface area contributed by atoms with Crippen LogP contribution < -0.4 is 5.73 Å². The molecule has 0 aliphatic carbocycles. The van der Waals surface area contributed by atoms with Crippen molar-refractivity contribution >= 4 is 17.7 Å². The van der Waals surface area contributed by atoms with Gasteiger partial charge in [-0.2, -0.15) is 0 Å². The van der Waals surface area contributed by atoms with Gasteiger partial charge in [-0.3, -0.25) is 4.79 Å². The second kappa shape index (κ2) is 5.19. The van der Waals surface area contributed by atoms with E-state index in [0.717, 1.165) is 10.5 Å². The molecule has 1 rings (SSSR count). The molecule has 0 saturated heterocycles. The lowest BCUT2D eigenvalue weighted by molar-refractivity contribution is -0.137. The van der Waals surface area contributed by atoms with Crippen molar-refractivity contribution in [2.45, 2.75) is 24.8 Å². The van der Waals surface area contributed by atoms with E-state index in [2.05, 4.69) is 6.07 Å². The molecule has 3 N–H and O–H groups in total. The maximum atomic E-state index is 10.5. The van der Waals surface area contributed by atoms with Gasteiger partial charge in [-0.05, 0) is 25.5 Å². The molecule has 1 atom stereocenters. The highest BCUT2D eigenvalue weighted by atomic mass is 32.2. The number of nitrogens with two attached hydrogens (primary N) is 1. The van der Waals surface area contributed by atoms with Gasteiger partial charge < -0.3 is 10.8 Å². The molecule has 82 valence electrons. The molecule has 0 saturated carbocycles. The zero-order valence-electron chi connectivity index (χ0n) is 8.86. The average molecular weight is 225 g/mol. The molecule has 0 spiro atoms. The highest BCUT2D eigenvalue weighted by molar-refractivity contribution is 7.99. The molecule has 0 radical (unpaired) electrons. The molecule has 15 heavy (non-hydrogen) atoms. The number of hydrogen-bond donors (Lipinski definition) is 2. The molecule has 1 aromatic carbocycles. The molecule has 0 bridgehead atoms. The Morgan fingerprint density at radius 1 is 1.53 bits per heavy atom. The minimum absolute atomic E-state index is 0.402. The van der Waals surface area contributed by atoms with Crippen LogP contribution in [0.5, 0.6) is 0 Å². The third kappa shape index (κ3) is 3.57. The first-order valence-electron chi connectivity index (χ1n) is 4.69. The van der Waals surface area contributed by atoms with Crippen molar-refractivity contribution in [2.75, 3.05) is 5.75 Å². The maximum absolute atomic E-state index is 10.5. The van der Waals surface area contributed by atoms with Crippen LogP contribution in [0.4, 0.5) is 0 Å². The van der Waals surface area contributed by atoms with E-state index in [-0.39, 0.29) is 0 Å². The molecule has 4 heteroatoms. The molecule has 0 amide bonds. The van der Waals surface area contributed by atoms with E-state index in [9.17, 15) is 4.79 Å². The Balaban J connectivity index is 2.62. The van der Waals surface area contributed by atoms with Crippen molar-refractivity contribution < 1.29 is 9.90 Å². The lowest BCUT2D eigenvalue weighted by Crippen LogP contribution is -2.32. The van der Waals surface area contributed by atoms with Gasteiger partial charge in [0.25, 0.3) is 0 Å². The van der Waals surface area contributed by atoms with E-state index in [1.165, 1.54) is 17.3 Å². The first-order valence-corrected chi connectivity index (χ1v) is 5.67. The number of aryl methyl sites for hydroxylation is 2. The van der Waals surface area contributed by atoms with Gasteiger partial charge in [0.2, 0.25) is 0 Å². The molecular formula is C11H15NO2S. The zero-order chi connectivity index (χ0) is 11.4. The summed E-state index contributed by atoms with van der Waals surface area (Å²) in [5, 5.41) is 8.64. The van der Waals surface area contributed by atoms with E-state index in [1.807, 2.05) is 26.0 Å². The standard InChI is InChI=1S/C11H15NO2S/c1-7-3-4-10(8(2)5-7)15-6-9(12)11(13)14/h3-5,9H,6,12H2,1-2H3,(H,13,14). The molecule has 1 unspecified atom stereocenters. The molecule has 0 aliphatic heterocycles. The van der Waals surface area contributed by atoms with Crippen LogP contribution in [-0.2, 0) is 4.79 Å². The number of benzene rings is 1. The third-order valence-electron chi connectivity index (χ3n) is 2.07. The lowest BCUT2D eigenvalue weighted by Gasteiger charge is -2.08. The fourth-order valence-electron chi connectivity index (χ4n) is 1.21. The van der Waals surface area contributed by atoms with Gasteiger partial charge >= 0.3 is 5.97 Å². The number of rotatable bonds is 4. The van der Waals surface area contributed by atoms with Crippen LogP contribution in [-0.4, -0.2) is 22.9 Å².